The molecule has 5 nitrogen and oxygen atoms in total. The van der Waals surface area contributed by atoms with Crippen molar-refractivity contribution < 1.29 is 13.2 Å². The lowest BCUT2D eigenvalue weighted by molar-refractivity contribution is 0.0999. The molecule has 0 saturated heterocycles. The molecular weight excluding hydrogens is 348 g/mol. The molecule has 26 heavy (non-hydrogen) atoms. The quantitative estimate of drug-likeness (QED) is 0.766. The second-order valence-electron chi connectivity index (χ2n) is 6.60. The number of rotatable bonds is 3. The Morgan fingerprint density at radius 2 is 1.77 bits per heavy atom. The zero-order valence-corrected chi connectivity index (χ0v) is 15.5. The van der Waals surface area contributed by atoms with E-state index in [1.165, 1.54) is 0 Å². The number of nitrogens with one attached hydrogen (secondary N) is 1. The van der Waals surface area contributed by atoms with Gasteiger partial charge in [-0.1, -0.05) is 29.8 Å². The molecule has 3 aromatic carbocycles. The van der Waals surface area contributed by atoms with Gasteiger partial charge in [-0.05, 0) is 43.7 Å². The van der Waals surface area contributed by atoms with Crippen molar-refractivity contribution in [3.63, 3.8) is 0 Å². The number of amides is 1. The van der Waals surface area contributed by atoms with Crippen molar-refractivity contribution in [3.8, 4) is 0 Å². The number of sulfonamides is 1. The summed E-state index contributed by atoms with van der Waals surface area (Å²) < 4.78 is 28.8. The third-order valence-corrected chi connectivity index (χ3v) is 6.21. The van der Waals surface area contributed by atoms with Gasteiger partial charge in [-0.2, -0.15) is 0 Å². The van der Waals surface area contributed by atoms with Crippen molar-refractivity contribution in [2.75, 3.05) is 16.7 Å². The van der Waals surface area contributed by atoms with Crippen LogP contribution in [0.25, 0.3) is 10.8 Å². The van der Waals surface area contributed by atoms with Crippen LogP contribution in [0.1, 0.15) is 21.5 Å². The van der Waals surface area contributed by atoms with Crippen LogP contribution in [0, 0.1) is 13.8 Å². The summed E-state index contributed by atoms with van der Waals surface area (Å²) in [4.78, 5) is 14.1. The minimum Gasteiger partial charge on any atom is -0.311 e. The van der Waals surface area contributed by atoms with Crippen LogP contribution in [0.3, 0.4) is 0 Å². The number of hydrogen-bond acceptors (Lipinski definition) is 3. The summed E-state index contributed by atoms with van der Waals surface area (Å²) in [5, 5.41) is 1.23. The van der Waals surface area contributed by atoms with Gasteiger partial charge < -0.3 is 4.90 Å². The molecule has 0 radical (unpaired) electrons. The Morgan fingerprint density at radius 1 is 1.00 bits per heavy atom. The molecule has 0 aromatic heterocycles. The first-order valence-electron chi connectivity index (χ1n) is 8.23. The summed E-state index contributed by atoms with van der Waals surface area (Å²) in [5.41, 5.74) is 3.73. The van der Waals surface area contributed by atoms with E-state index in [2.05, 4.69) is 4.72 Å². The van der Waals surface area contributed by atoms with Crippen LogP contribution in [-0.2, 0) is 10.0 Å². The van der Waals surface area contributed by atoms with Gasteiger partial charge in [0.15, 0.2) is 0 Å². The number of carbonyl (C=O) groups is 1. The molecule has 0 atom stereocenters. The van der Waals surface area contributed by atoms with Gasteiger partial charge in [0.25, 0.3) is 15.9 Å². The number of nitrogens with zero attached hydrogens (tertiary/aromatic N) is 1. The monoisotopic (exact) mass is 366 g/mol. The first-order chi connectivity index (χ1) is 12.3. The lowest BCUT2D eigenvalue weighted by atomic mass is 10.1. The molecule has 0 spiro atoms. The second kappa shape index (κ2) is 5.57. The molecule has 3 aromatic rings. The van der Waals surface area contributed by atoms with Crippen molar-refractivity contribution in [3.05, 3.63) is 65.2 Å². The summed E-state index contributed by atoms with van der Waals surface area (Å²) >= 11 is 0. The van der Waals surface area contributed by atoms with Crippen LogP contribution in [0.4, 0.5) is 11.4 Å². The Kier molecular flexibility index (Phi) is 3.56. The van der Waals surface area contributed by atoms with Gasteiger partial charge in [0.1, 0.15) is 0 Å². The van der Waals surface area contributed by atoms with Crippen LogP contribution >= 0.6 is 0 Å². The predicted molar refractivity (Wildman–Crippen MR) is 103 cm³/mol. The average Bonchev–Trinajstić information content (AvgIpc) is 2.84. The first kappa shape index (κ1) is 16.6. The van der Waals surface area contributed by atoms with Crippen LogP contribution in [0.15, 0.2) is 53.4 Å². The zero-order chi connectivity index (χ0) is 18.6. The Balaban J connectivity index is 1.88. The molecule has 0 aliphatic carbocycles. The Hall–Kier alpha value is -2.86. The third kappa shape index (κ3) is 2.37. The average molecular weight is 366 g/mol. The third-order valence-electron chi connectivity index (χ3n) is 4.79. The van der Waals surface area contributed by atoms with E-state index < -0.39 is 10.0 Å². The van der Waals surface area contributed by atoms with Crippen molar-refractivity contribution in [2.45, 2.75) is 18.7 Å². The smallest absolute Gasteiger partial charge is 0.262 e. The van der Waals surface area contributed by atoms with E-state index in [9.17, 15) is 13.2 Å². The highest BCUT2D eigenvalue weighted by atomic mass is 32.2. The van der Waals surface area contributed by atoms with Crippen LogP contribution in [-0.4, -0.2) is 21.4 Å². The summed E-state index contributed by atoms with van der Waals surface area (Å²) in [5.74, 6) is -0.123. The topological polar surface area (TPSA) is 66.5 Å². The number of aryl methyl sites for hydroxylation is 2. The fourth-order valence-corrected chi connectivity index (χ4v) is 4.81. The van der Waals surface area contributed by atoms with Gasteiger partial charge in [0.05, 0.1) is 16.3 Å². The molecule has 0 bridgehead atoms. The highest BCUT2D eigenvalue weighted by Gasteiger charge is 2.30. The Labute approximate surface area is 152 Å². The number of carbonyl (C=O) groups excluding carboxylic acids is 1. The largest absolute Gasteiger partial charge is 0.311 e. The van der Waals surface area contributed by atoms with Crippen molar-refractivity contribution in [1.29, 1.82) is 0 Å². The minimum atomic E-state index is -3.80. The van der Waals surface area contributed by atoms with Crippen LogP contribution in [0.5, 0.6) is 0 Å². The van der Waals surface area contributed by atoms with E-state index in [0.717, 1.165) is 16.8 Å². The molecule has 4 rings (SSSR count). The molecule has 1 aliphatic rings. The van der Waals surface area contributed by atoms with Crippen LogP contribution < -0.4 is 9.62 Å². The summed E-state index contributed by atoms with van der Waals surface area (Å²) in [7, 11) is -2.10. The van der Waals surface area contributed by atoms with Gasteiger partial charge in [-0.3, -0.25) is 9.52 Å². The molecule has 1 heterocycles. The Bertz CT molecular complexity index is 1180. The molecule has 1 aliphatic heterocycles. The highest BCUT2D eigenvalue weighted by Crippen LogP contribution is 2.39. The van der Waals surface area contributed by atoms with Crippen molar-refractivity contribution in [2.24, 2.45) is 0 Å². The lowest BCUT2D eigenvalue weighted by Crippen LogP contribution is -2.20. The molecular formula is C20H18N2O3S. The highest BCUT2D eigenvalue weighted by molar-refractivity contribution is 7.93. The maximum atomic E-state index is 13.0. The minimum absolute atomic E-state index is 0.123. The fraction of sp³-hybridized carbons (Fsp3) is 0.150. The molecule has 1 amide bonds. The fourth-order valence-electron chi connectivity index (χ4n) is 3.47. The van der Waals surface area contributed by atoms with E-state index >= 15 is 0 Å². The molecule has 1 N–H and O–H groups in total. The van der Waals surface area contributed by atoms with E-state index in [-0.39, 0.29) is 10.8 Å². The van der Waals surface area contributed by atoms with Gasteiger partial charge >= 0.3 is 0 Å². The molecule has 0 fully saturated rings. The Morgan fingerprint density at radius 3 is 2.50 bits per heavy atom. The maximum Gasteiger partial charge on any atom is 0.262 e. The first-order valence-corrected chi connectivity index (χ1v) is 9.72. The summed E-state index contributed by atoms with van der Waals surface area (Å²) in [6.07, 6.45) is 0. The summed E-state index contributed by atoms with van der Waals surface area (Å²) in [6.45, 7) is 3.83. The SMILES string of the molecule is Cc1ccc(NS(=O)(=O)c2ccc3c4c(cccc24)C(=O)N3C)c(C)c1. The van der Waals surface area contributed by atoms with Gasteiger partial charge in [0, 0.05) is 23.4 Å². The normalized spacial score (nSPS) is 13.5. The number of anilines is 2. The van der Waals surface area contributed by atoms with E-state index in [1.807, 2.05) is 26.0 Å². The van der Waals surface area contributed by atoms with Gasteiger partial charge in [-0.15, -0.1) is 0 Å². The van der Waals surface area contributed by atoms with Crippen LogP contribution in [0.2, 0.25) is 0 Å². The summed E-state index contributed by atoms with van der Waals surface area (Å²) in [6, 6.07) is 14.0. The van der Waals surface area contributed by atoms with E-state index in [0.29, 0.717) is 22.0 Å². The molecule has 0 saturated carbocycles. The van der Waals surface area contributed by atoms with E-state index in [1.54, 1.807) is 48.3 Å². The zero-order valence-electron chi connectivity index (χ0n) is 14.7. The molecule has 132 valence electrons. The maximum absolute atomic E-state index is 13.0. The number of benzene rings is 3. The molecule has 0 unspecified atom stereocenters. The lowest BCUT2D eigenvalue weighted by Gasteiger charge is -2.14. The molecule has 6 heteroatoms. The van der Waals surface area contributed by atoms with Crippen molar-refractivity contribution in [1.82, 2.24) is 0 Å². The number of hydrogen-bond donors (Lipinski definition) is 1. The standard InChI is InChI=1S/C20H18N2O3S/c1-12-7-8-16(13(2)11-12)21-26(24,25)18-10-9-17-19-14(18)5-4-6-15(19)20(23)22(17)3/h4-11,21H,1-3H3. The predicted octanol–water partition coefficient (Wildman–Crippen LogP) is 3.85. The van der Waals surface area contributed by atoms with Gasteiger partial charge in [0.2, 0.25) is 0 Å². The van der Waals surface area contributed by atoms with Crippen molar-refractivity contribution >= 4 is 38.1 Å². The second-order valence-corrected chi connectivity index (χ2v) is 8.25. The van der Waals surface area contributed by atoms with Gasteiger partial charge in [-0.25, -0.2) is 8.42 Å². The van der Waals surface area contributed by atoms with E-state index in [4.69, 9.17) is 0 Å².